The van der Waals surface area contributed by atoms with Crippen LogP contribution in [-0.2, 0) is 11.8 Å². The third kappa shape index (κ3) is 2.14. The summed E-state index contributed by atoms with van der Waals surface area (Å²) in [7, 11) is 3.57. The SMILES string of the molecule is COC1CC(Nc2cc(=O)n(C)c3ccccc23)C1(C)C. The predicted octanol–water partition coefficient (Wildman–Crippen LogP) is 2.76. The Hall–Kier alpha value is -1.81. The Kier molecular flexibility index (Phi) is 3.29. The quantitative estimate of drug-likeness (QED) is 0.943. The molecule has 2 atom stereocenters. The maximum absolute atomic E-state index is 12.1. The second kappa shape index (κ2) is 4.88. The molecular weight excluding hydrogens is 264 g/mol. The standard InChI is InChI=1S/C17H22N2O2/c1-17(2)14(10-15(17)21-4)18-12-9-16(20)19(3)13-8-6-5-7-11(12)13/h5-9,14-15,18H,10H2,1-4H3. The number of hydrogen-bond donors (Lipinski definition) is 1. The normalized spacial score (nSPS) is 23.8. The minimum absolute atomic E-state index is 0.0108. The molecule has 0 aliphatic heterocycles. The highest BCUT2D eigenvalue weighted by atomic mass is 16.5. The van der Waals surface area contributed by atoms with E-state index in [1.807, 2.05) is 25.2 Å². The number of aromatic nitrogens is 1. The maximum Gasteiger partial charge on any atom is 0.252 e. The van der Waals surface area contributed by atoms with Gasteiger partial charge >= 0.3 is 0 Å². The molecular formula is C17H22N2O2. The van der Waals surface area contributed by atoms with Gasteiger partial charge in [-0.2, -0.15) is 0 Å². The molecule has 0 saturated heterocycles. The van der Waals surface area contributed by atoms with Crippen molar-refractivity contribution in [3.05, 3.63) is 40.7 Å². The van der Waals surface area contributed by atoms with Crippen molar-refractivity contribution in [2.75, 3.05) is 12.4 Å². The van der Waals surface area contributed by atoms with E-state index in [4.69, 9.17) is 4.74 Å². The Balaban J connectivity index is 1.99. The van der Waals surface area contributed by atoms with Gasteiger partial charge in [0.05, 0.1) is 11.6 Å². The summed E-state index contributed by atoms with van der Waals surface area (Å²) in [6, 6.07) is 10.0. The molecule has 2 unspecified atom stereocenters. The van der Waals surface area contributed by atoms with Crippen LogP contribution in [0.5, 0.6) is 0 Å². The second-order valence-electron chi connectivity index (χ2n) is 6.45. The molecule has 1 aromatic carbocycles. The molecule has 0 spiro atoms. The third-order valence-electron chi connectivity index (χ3n) is 4.95. The molecule has 0 radical (unpaired) electrons. The number of anilines is 1. The number of methoxy groups -OCH3 is 1. The van der Waals surface area contributed by atoms with Crippen molar-refractivity contribution in [2.45, 2.75) is 32.4 Å². The van der Waals surface area contributed by atoms with E-state index in [1.54, 1.807) is 17.7 Å². The monoisotopic (exact) mass is 286 g/mol. The third-order valence-corrected chi connectivity index (χ3v) is 4.95. The molecule has 21 heavy (non-hydrogen) atoms. The average Bonchev–Trinajstić information content (AvgIpc) is 2.47. The zero-order valence-electron chi connectivity index (χ0n) is 13.0. The van der Waals surface area contributed by atoms with E-state index < -0.39 is 0 Å². The Morgan fingerprint density at radius 2 is 2.05 bits per heavy atom. The summed E-state index contributed by atoms with van der Waals surface area (Å²) in [6.45, 7) is 4.40. The molecule has 3 rings (SSSR count). The second-order valence-corrected chi connectivity index (χ2v) is 6.45. The van der Waals surface area contributed by atoms with Crippen LogP contribution in [0.3, 0.4) is 0 Å². The number of aryl methyl sites for hydroxylation is 1. The predicted molar refractivity (Wildman–Crippen MR) is 85.8 cm³/mol. The number of para-hydroxylation sites is 1. The Bertz CT molecular complexity index is 733. The fourth-order valence-corrected chi connectivity index (χ4v) is 3.25. The topological polar surface area (TPSA) is 43.3 Å². The van der Waals surface area contributed by atoms with Crippen LogP contribution in [0.1, 0.15) is 20.3 Å². The minimum Gasteiger partial charge on any atom is -0.381 e. The molecule has 1 N–H and O–H groups in total. The van der Waals surface area contributed by atoms with Gasteiger partial charge in [0, 0.05) is 42.8 Å². The molecule has 1 aliphatic carbocycles. The summed E-state index contributed by atoms with van der Waals surface area (Å²) in [5.74, 6) is 0. The Morgan fingerprint density at radius 3 is 2.71 bits per heavy atom. The number of benzene rings is 1. The van der Waals surface area contributed by atoms with E-state index in [0.717, 1.165) is 23.0 Å². The van der Waals surface area contributed by atoms with Crippen LogP contribution in [0.2, 0.25) is 0 Å². The van der Waals surface area contributed by atoms with Crippen LogP contribution >= 0.6 is 0 Å². The first kappa shape index (κ1) is 14.1. The minimum atomic E-state index is 0.0108. The molecule has 4 nitrogen and oxygen atoms in total. The van der Waals surface area contributed by atoms with E-state index >= 15 is 0 Å². The van der Waals surface area contributed by atoms with Gasteiger partial charge in [-0.1, -0.05) is 32.0 Å². The molecule has 112 valence electrons. The van der Waals surface area contributed by atoms with Gasteiger partial charge in [0.1, 0.15) is 0 Å². The van der Waals surface area contributed by atoms with Gasteiger partial charge < -0.3 is 14.6 Å². The number of nitrogens with one attached hydrogen (secondary N) is 1. The number of pyridine rings is 1. The van der Waals surface area contributed by atoms with Gasteiger partial charge in [-0.15, -0.1) is 0 Å². The van der Waals surface area contributed by atoms with Gasteiger partial charge in [-0.25, -0.2) is 0 Å². The molecule has 1 saturated carbocycles. The first-order chi connectivity index (χ1) is 9.95. The van der Waals surface area contributed by atoms with Gasteiger partial charge in [0.2, 0.25) is 0 Å². The van der Waals surface area contributed by atoms with E-state index in [-0.39, 0.29) is 17.1 Å². The number of rotatable bonds is 3. The summed E-state index contributed by atoms with van der Waals surface area (Å²) in [5, 5.41) is 4.63. The molecule has 1 aromatic heterocycles. The number of hydrogen-bond acceptors (Lipinski definition) is 3. The molecule has 0 bridgehead atoms. The molecule has 0 amide bonds. The van der Waals surface area contributed by atoms with Crippen LogP contribution in [0.4, 0.5) is 5.69 Å². The summed E-state index contributed by atoms with van der Waals surface area (Å²) in [4.78, 5) is 12.1. The van der Waals surface area contributed by atoms with E-state index in [1.165, 1.54) is 0 Å². The van der Waals surface area contributed by atoms with Gasteiger partial charge in [0.15, 0.2) is 0 Å². The van der Waals surface area contributed by atoms with Crippen LogP contribution in [0.15, 0.2) is 35.1 Å². The lowest BCUT2D eigenvalue weighted by molar-refractivity contribution is -0.0794. The van der Waals surface area contributed by atoms with Gasteiger partial charge in [-0.3, -0.25) is 4.79 Å². The molecule has 1 fully saturated rings. The summed E-state index contributed by atoms with van der Waals surface area (Å²) in [5.41, 5.74) is 1.95. The molecule has 1 heterocycles. The van der Waals surface area contributed by atoms with Gasteiger partial charge in [0.25, 0.3) is 5.56 Å². The van der Waals surface area contributed by atoms with E-state index in [2.05, 4.69) is 25.2 Å². The lowest BCUT2D eigenvalue weighted by atomic mass is 9.64. The van der Waals surface area contributed by atoms with Crippen LogP contribution in [0.25, 0.3) is 10.9 Å². The van der Waals surface area contributed by atoms with Crippen LogP contribution in [-0.4, -0.2) is 23.8 Å². The highest BCUT2D eigenvalue weighted by Crippen LogP contribution is 2.44. The van der Waals surface area contributed by atoms with Crippen molar-refractivity contribution in [1.29, 1.82) is 0 Å². The van der Waals surface area contributed by atoms with Crippen LogP contribution in [0, 0.1) is 5.41 Å². The van der Waals surface area contributed by atoms with Crippen molar-refractivity contribution in [3.8, 4) is 0 Å². The van der Waals surface area contributed by atoms with Crippen LogP contribution < -0.4 is 10.9 Å². The average molecular weight is 286 g/mol. The summed E-state index contributed by atoms with van der Waals surface area (Å²) < 4.78 is 7.18. The number of fused-ring (bicyclic) bond motifs is 1. The van der Waals surface area contributed by atoms with E-state index in [9.17, 15) is 4.79 Å². The zero-order valence-corrected chi connectivity index (χ0v) is 13.0. The Morgan fingerprint density at radius 1 is 1.33 bits per heavy atom. The van der Waals surface area contributed by atoms with Crippen molar-refractivity contribution in [1.82, 2.24) is 4.57 Å². The number of ether oxygens (including phenoxy) is 1. The first-order valence-electron chi connectivity index (χ1n) is 7.33. The highest BCUT2D eigenvalue weighted by molar-refractivity contribution is 5.91. The molecule has 1 aliphatic rings. The van der Waals surface area contributed by atoms with Crippen molar-refractivity contribution < 1.29 is 4.74 Å². The highest BCUT2D eigenvalue weighted by Gasteiger charge is 2.48. The zero-order chi connectivity index (χ0) is 15.2. The summed E-state index contributed by atoms with van der Waals surface area (Å²) >= 11 is 0. The van der Waals surface area contributed by atoms with Crippen molar-refractivity contribution in [3.63, 3.8) is 0 Å². The lowest BCUT2D eigenvalue weighted by Crippen LogP contribution is -2.57. The van der Waals surface area contributed by atoms with E-state index in [0.29, 0.717) is 6.04 Å². The van der Waals surface area contributed by atoms with Crippen molar-refractivity contribution in [2.24, 2.45) is 12.5 Å². The largest absolute Gasteiger partial charge is 0.381 e. The lowest BCUT2D eigenvalue weighted by Gasteiger charge is -2.51. The first-order valence-corrected chi connectivity index (χ1v) is 7.33. The Labute approximate surface area is 124 Å². The molecule has 2 aromatic rings. The maximum atomic E-state index is 12.1. The fraction of sp³-hybridized carbons (Fsp3) is 0.471. The van der Waals surface area contributed by atoms with Crippen molar-refractivity contribution >= 4 is 16.6 Å². The summed E-state index contributed by atoms with van der Waals surface area (Å²) in [6.07, 6.45) is 1.24. The number of nitrogens with zero attached hydrogens (tertiary/aromatic N) is 1. The fourth-order valence-electron chi connectivity index (χ4n) is 3.25. The smallest absolute Gasteiger partial charge is 0.252 e. The molecule has 4 heteroatoms. The van der Waals surface area contributed by atoms with Gasteiger partial charge in [-0.05, 0) is 12.5 Å².